The maximum Gasteiger partial charge on any atom is 0.127 e. The molecule has 0 aliphatic carbocycles. The van der Waals surface area contributed by atoms with Crippen LogP contribution in [0.25, 0.3) is 0 Å². The molecule has 0 spiro atoms. The lowest BCUT2D eigenvalue weighted by Gasteiger charge is -2.03. The van der Waals surface area contributed by atoms with E-state index in [9.17, 15) is 8.78 Å². The molecule has 2 heterocycles. The molecule has 1 aromatic carbocycles. The fourth-order valence-corrected chi connectivity index (χ4v) is 2.59. The molecule has 0 N–H and O–H groups in total. The fraction of sp³-hybridized carbons (Fsp3) is 0.0769. The van der Waals surface area contributed by atoms with Crippen molar-refractivity contribution in [3.63, 3.8) is 0 Å². The summed E-state index contributed by atoms with van der Waals surface area (Å²) in [5.41, 5.74) is 1.90. The van der Waals surface area contributed by atoms with Gasteiger partial charge in [-0.3, -0.25) is 4.99 Å². The predicted molar refractivity (Wildman–Crippen MR) is 66.0 cm³/mol. The zero-order valence-corrected chi connectivity index (χ0v) is 10.0. The van der Waals surface area contributed by atoms with Gasteiger partial charge in [0.05, 0.1) is 12.2 Å². The van der Waals surface area contributed by atoms with Gasteiger partial charge >= 0.3 is 0 Å². The summed E-state index contributed by atoms with van der Waals surface area (Å²) in [5.74, 6) is -1.17. The van der Waals surface area contributed by atoms with E-state index in [0.717, 1.165) is 17.3 Å². The largest absolute Gasteiger partial charge is 0.286 e. The van der Waals surface area contributed by atoms with Crippen LogP contribution in [0.15, 0.2) is 45.2 Å². The molecular formula is C13H8F2N2S. The molecule has 0 bridgehead atoms. The number of nitrogens with zero attached hydrogens (tertiary/aromatic N) is 2. The molecule has 1 aliphatic rings. The Hall–Kier alpha value is -1.75. The SMILES string of the molecule is Fc1cc(F)cc(Sc2ccc3c(n2)C=NC3)c1. The van der Waals surface area contributed by atoms with Gasteiger partial charge in [0, 0.05) is 22.7 Å². The van der Waals surface area contributed by atoms with Crippen molar-refractivity contribution in [3.8, 4) is 0 Å². The molecule has 5 heteroatoms. The van der Waals surface area contributed by atoms with E-state index in [1.165, 1.54) is 23.9 Å². The summed E-state index contributed by atoms with van der Waals surface area (Å²) in [7, 11) is 0. The third kappa shape index (κ3) is 2.26. The van der Waals surface area contributed by atoms with Crippen molar-refractivity contribution in [2.45, 2.75) is 16.5 Å². The highest BCUT2D eigenvalue weighted by atomic mass is 32.2. The number of rotatable bonds is 2. The topological polar surface area (TPSA) is 25.2 Å². The van der Waals surface area contributed by atoms with Gasteiger partial charge in [0.2, 0.25) is 0 Å². The summed E-state index contributed by atoms with van der Waals surface area (Å²) in [5, 5.41) is 0.701. The highest BCUT2D eigenvalue weighted by molar-refractivity contribution is 7.99. The molecule has 0 atom stereocenters. The number of pyridine rings is 1. The summed E-state index contributed by atoms with van der Waals surface area (Å²) >= 11 is 1.23. The van der Waals surface area contributed by atoms with Gasteiger partial charge in [-0.1, -0.05) is 17.8 Å². The molecular weight excluding hydrogens is 254 g/mol. The molecule has 90 valence electrons. The fourth-order valence-electron chi connectivity index (χ4n) is 1.73. The summed E-state index contributed by atoms with van der Waals surface area (Å²) in [6.07, 6.45) is 1.71. The van der Waals surface area contributed by atoms with Crippen molar-refractivity contribution in [1.29, 1.82) is 0 Å². The lowest BCUT2D eigenvalue weighted by atomic mass is 10.2. The van der Waals surface area contributed by atoms with E-state index >= 15 is 0 Å². The van der Waals surface area contributed by atoms with Gasteiger partial charge in [0.15, 0.2) is 0 Å². The number of hydrogen-bond donors (Lipinski definition) is 0. The average molecular weight is 262 g/mol. The van der Waals surface area contributed by atoms with E-state index in [2.05, 4.69) is 9.98 Å². The van der Waals surface area contributed by atoms with Crippen molar-refractivity contribution in [1.82, 2.24) is 4.98 Å². The maximum absolute atomic E-state index is 13.1. The molecule has 2 nitrogen and oxygen atoms in total. The van der Waals surface area contributed by atoms with E-state index in [-0.39, 0.29) is 0 Å². The second-order valence-corrected chi connectivity index (χ2v) is 4.96. The van der Waals surface area contributed by atoms with Crippen LogP contribution in [0.3, 0.4) is 0 Å². The Labute approximate surface area is 107 Å². The average Bonchev–Trinajstić information content (AvgIpc) is 2.74. The Bertz CT molecular complexity index is 621. The van der Waals surface area contributed by atoms with Gasteiger partial charge in [0.1, 0.15) is 16.7 Å². The summed E-state index contributed by atoms with van der Waals surface area (Å²) < 4.78 is 26.1. The van der Waals surface area contributed by atoms with Crippen LogP contribution >= 0.6 is 11.8 Å². The zero-order chi connectivity index (χ0) is 12.5. The minimum atomic E-state index is -0.583. The second kappa shape index (κ2) is 4.49. The van der Waals surface area contributed by atoms with Gasteiger partial charge in [-0.2, -0.15) is 0 Å². The quantitative estimate of drug-likeness (QED) is 0.828. The van der Waals surface area contributed by atoms with Crippen molar-refractivity contribution in [2.75, 3.05) is 0 Å². The Kier molecular flexibility index (Phi) is 2.83. The molecule has 1 aliphatic heterocycles. The zero-order valence-electron chi connectivity index (χ0n) is 9.23. The summed E-state index contributed by atoms with van der Waals surface area (Å²) in [6, 6.07) is 7.20. The lowest BCUT2D eigenvalue weighted by Crippen LogP contribution is -1.91. The maximum atomic E-state index is 13.1. The molecule has 2 aromatic rings. The standard InChI is InChI=1S/C13H8F2N2S/c14-9-3-10(15)5-11(4-9)18-13-2-1-8-6-16-7-12(8)17-13/h1-5,7H,6H2. The summed E-state index contributed by atoms with van der Waals surface area (Å²) in [4.78, 5) is 8.98. The number of aromatic nitrogens is 1. The van der Waals surface area contributed by atoms with Crippen LogP contribution in [0, 0.1) is 11.6 Å². The smallest absolute Gasteiger partial charge is 0.127 e. The molecule has 0 saturated heterocycles. The Morgan fingerprint density at radius 1 is 1.06 bits per heavy atom. The van der Waals surface area contributed by atoms with Crippen LogP contribution < -0.4 is 0 Å². The predicted octanol–water partition coefficient (Wildman–Crippen LogP) is 3.44. The van der Waals surface area contributed by atoms with Crippen molar-refractivity contribution < 1.29 is 8.78 Å². The van der Waals surface area contributed by atoms with Crippen LogP contribution in [0.2, 0.25) is 0 Å². The van der Waals surface area contributed by atoms with E-state index in [4.69, 9.17) is 0 Å². The van der Waals surface area contributed by atoms with Crippen LogP contribution in [-0.2, 0) is 6.54 Å². The van der Waals surface area contributed by atoms with Crippen LogP contribution in [0.4, 0.5) is 8.78 Å². The highest BCUT2D eigenvalue weighted by Gasteiger charge is 2.10. The Morgan fingerprint density at radius 3 is 2.61 bits per heavy atom. The van der Waals surface area contributed by atoms with Crippen molar-refractivity contribution >= 4 is 18.0 Å². The minimum Gasteiger partial charge on any atom is -0.286 e. The van der Waals surface area contributed by atoms with Crippen LogP contribution in [0.5, 0.6) is 0 Å². The first-order valence-corrected chi connectivity index (χ1v) is 6.16. The molecule has 0 radical (unpaired) electrons. The minimum absolute atomic E-state index is 0.495. The highest BCUT2D eigenvalue weighted by Crippen LogP contribution is 2.28. The van der Waals surface area contributed by atoms with E-state index in [1.54, 1.807) is 6.21 Å². The van der Waals surface area contributed by atoms with Gasteiger partial charge < -0.3 is 0 Å². The molecule has 3 rings (SSSR count). The van der Waals surface area contributed by atoms with Crippen molar-refractivity contribution in [3.05, 3.63) is 53.2 Å². The first kappa shape index (κ1) is 11.3. The molecule has 1 aromatic heterocycles. The number of halogens is 2. The van der Waals surface area contributed by atoms with E-state index in [0.29, 0.717) is 16.5 Å². The molecule has 0 saturated carbocycles. The van der Waals surface area contributed by atoms with Gasteiger partial charge in [-0.05, 0) is 18.2 Å². The normalized spacial score (nSPS) is 12.8. The number of fused-ring (bicyclic) bond motifs is 1. The Morgan fingerprint density at radius 2 is 1.83 bits per heavy atom. The molecule has 0 fully saturated rings. The first-order chi connectivity index (χ1) is 8.70. The van der Waals surface area contributed by atoms with Gasteiger partial charge in [-0.15, -0.1) is 0 Å². The number of hydrogen-bond acceptors (Lipinski definition) is 3. The van der Waals surface area contributed by atoms with Crippen molar-refractivity contribution in [2.24, 2.45) is 4.99 Å². The number of aliphatic imine (C=N–C) groups is 1. The molecule has 0 unspecified atom stereocenters. The number of benzene rings is 1. The second-order valence-electron chi connectivity index (χ2n) is 3.87. The third-order valence-electron chi connectivity index (χ3n) is 2.52. The third-order valence-corrected chi connectivity index (χ3v) is 3.43. The van der Waals surface area contributed by atoms with E-state index in [1.807, 2.05) is 12.1 Å². The van der Waals surface area contributed by atoms with Crippen LogP contribution in [0.1, 0.15) is 11.3 Å². The molecule has 0 amide bonds. The van der Waals surface area contributed by atoms with Gasteiger partial charge in [-0.25, -0.2) is 13.8 Å². The molecule has 18 heavy (non-hydrogen) atoms. The Balaban J connectivity index is 1.90. The monoisotopic (exact) mass is 262 g/mol. The first-order valence-electron chi connectivity index (χ1n) is 5.34. The van der Waals surface area contributed by atoms with Crippen LogP contribution in [-0.4, -0.2) is 11.2 Å². The van der Waals surface area contributed by atoms with Gasteiger partial charge in [0.25, 0.3) is 0 Å². The summed E-state index contributed by atoms with van der Waals surface area (Å²) in [6.45, 7) is 0.655. The lowest BCUT2D eigenvalue weighted by molar-refractivity contribution is 0.577. The van der Waals surface area contributed by atoms with E-state index < -0.39 is 11.6 Å².